The summed E-state index contributed by atoms with van der Waals surface area (Å²) in [6.07, 6.45) is 3.79. The third-order valence-electron chi connectivity index (χ3n) is 4.46. The SMILES string of the molecule is N#Cc1ccnc(OC2CCN(C(=O)c3nccc4ccccc34)C2)c1. The smallest absolute Gasteiger partial charge is 0.273 e. The van der Waals surface area contributed by atoms with Crippen molar-refractivity contribution in [2.45, 2.75) is 12.5 Å². The van der Waals surface area contributed by atoms with Gasteiger partial charge < -0.3 is 9.64 Å². The zero-order chi connectivity index (χ0) is 17.9. The molecule has 1 saturated heterocycles. The molecule has 1 aliphatic heterocycles. The van der Waals surface area contributed by atoms with E-state index in [1.165, 1.54) is 0 Å². The van der Waals surface area contributed by atoms with Crippen LogP contribution in [0.1, 0.15) is 22.5 Å². The van der Waals surface area contributed by atoms with Crippen LogP contribution < -0.4 is 4.74 Å². The summed E-state index contributed by atoms with van der Waals surface area (Å²) in [6.45, 7) is 1.08. The van der Waals surface area contributed by atoms with Crippen molar-refractivity contribution in [1.82, 2.24) is 14.9 Å². The van der Waals surface area contributed by atoms with Gasteiger partial charge in [0.15, 0.2) is 0 Å². The molecule has 6 heteroatoms. The van der Waals surface area contributed by atoms with E-state index in [0.717, 1.165) is 17.2 Å². The van der Waals surface area contributed by atoms with Crippen LogP contribution in [0.3, 0.4) is 0 Å². The summed E-state index contributed by atoms with van der Waals surface area (Å²) in [5, 5.41) is 10.8. The Bertz CT molecular complexity index is 1010. The maximum absolute atomic E-state index is 12.9. The number of hydrogen-bond donors (Lipinski definition) is 0. The maximum Gasteiger partial charge on any atom is 0.273 e. The van der Waals surface area contributed by atoms with Crippen molar-refractivity contribution in [2.75, 3.05) is 13.1 Å². The van der Waals surface area contributed by atoms with Gasteiger partial charge in [0.05, 0.1) is 18.2 Å². The minimum atomic E-state index is -0.143. The Labute approximate surface area is 150 Å². The molecule has 0 bridgehead atoms. The topological polar surface area (TPSA) is 79.1 Å². The lowest BCUT2D eigenvalue weighted by atomic mass is 10.1. The maximum atomic E-state index is 12.9. The highest BCUT2D eigenvalue weighted by molar-refractivity contribution is 6.05. The standard InChI is InChI=1S/C20H16N4O2/c21-12-14-5-8-22-18(11-14)26-16-7-10-24(13-16)20(25)19-17-4-2-1-3-15(17)6-9-23-19/h1-6,8-9,11,16H,7,10,13H2. The Morgan fingerprint density at radius 1 is 1.19 bits per heavy atom. The molecule has 0 aliphatic carbocycles. The fourth-order valence-electron chi connectivity index (χ4n) is 3.16. The molecule has 1 amide bonds. The summed E-state index contributed by atoms with van der Waals surface area (Å²) in [4.78, 5) is 23.1. The van der Waals surface area contributed by atoms with E-state index in [1.54, 1.807) is 29.4 Å². The molecule has 4 rings (SSSR count). The quantitative estimate of drug-likeness (QED) is 0.730. The molecule has 6 nitrogen and oxygen atoms in total. The third-order valence-corrected chi connectivity index (χ3v) is 4.46. The van der Waals surface area contributed by atoms with Crippen LogP contribution in [0.4, 0.5) is 0 Å². The second-order valence-electron chi connectivity index (χ2n) is 6.15. The molecular weight excluding hydrogens is 328 g/mol. The number of rotatable bonds is 3. The lowest BCUT2D eigenvalue weighted by Gasteiger charge is -2.17. The first kappa shape index (κ1) is 16.0. The highest BCUT2D eigenvalue weighted by atomic mass is 16.5. The zero-order valence-corrected chi connectivity index (χ0v) is 14.0. The van der Waals surface area contributed by atoms with Gasteiger partial charge in [-0.05, 0) is 17.5 Å². The summed E-state index contributed by atoms with van der Waals surface area (Å²) in [6, 6.07) is 14.9. The minimum absolute atomic E-state index is 0.0911. The fourth-order valence-corrected chi connectivity index (χ4v) is 3.16. The van der Waals surface area contributed by atoms with E-state index >= 15 is 0 Å². The van der Waals surface area contributed by atoms with Crippen LogP contribution in [-0.2, 0) is 0 Å². The number of carbonyl (C=O) groups excluding carboxylic acids is 1. The first-order valence-corrected chi connectivity index (χ1v) is 8.40. The van der Waals surface area contributed by atoms with Gasteiger partial charge in [-0.2, -0.15) is 5.26 Å². The fraction of sp³-hybridized carbons (Fsp3) is 0.200. The van der Waals surface area contributed by atoms with Crippen molar-refractivity contribution < 1.29 is 9.53 Å². The first-order chi connectivity index (χ1) is 12.7. The van der Waals surface area contributed by atoms with Gasteiger partial charge in [0.25, 0.3) is 5.91 Å². The van der Waals surface area contributed by atoms with Gasteiger partial charge in [0, 0.05) is 36.8 Å². The van der Waals surface area contributed by atoms with E-state index in [0.29, 0.717) is 30.2 Å². The Kier molecular flexibility index (Phi) is 4.20. The average molecular weight is 344 g/mol. The number of fused-ring (bicyclic) bond motifs is 1. The Morgan fingerprint density at radius 3 is 2.92 bits per heavy atom. The summed E-state index contributed by atoms with van der Waals surface area (Å²) in [7, 11) is 0. The number of nitrogens with zero attached hydrogens (tertiary/aromatic N) is 4. The summed E-state index contributed by atoms with van der Waals surface area (Å²) >= 11 is 0. The molecule has 3 aromatic rings. The molecule has 0 N–H and O–H groups in total. The summed E-state index contributed by atoms with van der Waals surface area (Å²) in [5.74, 6) is 0.318. The normalized spacial score (nSPS) is 16.4. The van der Waals surface area contributed by atoms with E-state index in [4.69, 9.17) is 10.00 Å². The van der Waals surface area contributed by atoms with Gasteiger partial charge in [-0.3, -0.25) is 9.78 Å². The van der Waals surface area contributed by atoms with Gasteiger partial charge >= 0.3 is 0 Å². The van der Waals surface area contributed by atoms with Gasteiger partial charge in [-0.15, -0.1) is 0 Å². The predicted molar refractivity (Wildman–Crippen MR) is 95.6 cm³/mol. The van der Waals surface area contributed by atoms with Crippen LogP contribution >= 0.6 is 0 Å². The van der Waals surface area contributed by atoms with Crippen LogP contribution in [0.25, 0.3) is 10.8 Å². The molecule has 1 aliphatic rings. The molecule has 1 aromatic carbocycles. The summed E-state index contributed by atoms with van der Waals surface area (Å²) in [5.41, 5.74) is 0.967. The van der Waals surface area contributed by atoms with E-state index in [-0.39, 0.29) is 12.0 Å². The second-order valence-corrected chi connectivity index (χ2v) is 6.15. The highest BCUT2D eigenvalue weighted by Crippen LogP contribution is 2.22. The van der Waals surface area contributed by atoms with Crippen molar-refractivity contribution in [3.05, 3.63) is 66.1 Å². The van der Waals surface area contributed by atoms with Crippen molar-refractivity contribution in [3.8, 4) is 11.9 Å². The van der Waals surface area contributed by atoms with E-state index < -0.39 is 0 Å². The monoisotopic (exact) mass is 344 g/mol. The molecule has 1 fully saturated rings. The van der Waals surface area contributed by atoms with E-state index in [1.807, 2.05) is 30.3 Å². The van der Waals surface area contributed by atoms with Gasteiger partial charge in [-0.1, -0.05) is 24.3 Å². The summed E-state index contributed by atoms with van der Waals surface area (Å²) < 4.78 is 5.85. The third kappa shape index (κ3) is 3.07. The predicted octanol–water partition coefficient (Wildman–Crippen LogP) is 2.79. The number of carbonyl (C=O) groups is 1. The van der Waals surface area contributed by atoms with Gasteiger partial charge in [-0.25, -0.2) is 4.98 Å². The van der Waals surface area contributed by atoms with Gasteiger partial charge in [0.2, 0.25) is 5.88 Å². The average Bonchev–Trinajstić information content (AvgIpc) is 3.15. The molecule has 3 heterocycles. The molecule has 1 unspecified atom stereocenters. The number of pyridine rings is 2. The molecule has 0 spiro atoms. The first-order valence-electron chi connectivity index (χ1n) is 8.40. The van der Waals surface area contributed by atoms with Crippen LogP contribution in [-0.4, -0.2) is 40.0 Å². The molecule has 1 atom stereocenters. The van der Waals surface area contributed by atoms with E-state index in [9.17, 15) is 4.79 Å². The van der Waals surface area contributed by atoms with Crippen LogP contribution in [0.15, 0.2) is 54.9 Å². The van der Waals surface area contributed by atoms with E-state index in [2.05, 4.69) is 16.0 Å². The van der Waals surface area contributed by atoms with Crippen LogP contribution in [0.2, 0.25) is 0 Å². The van der Waals surface area contributed by atoms with Crippen molar-refractivity contribution in [2.24, 2.45) is 0 Å². The van der Waals surface area contributed by atoms with Gasteiger partial charge in [0.1, 0.15) is 11.8 Å². The Hall–Kier alpha value is -3.46. The number of likely N-dealkylation sites (tertiary alicyclic amines) is 1. The molecule has 128 valence electrons. The van der Waals surface area contributed by atoms with Crippen LogP contribution in [0.5, 0.6) is 5.88 Å². The Morgan fingerprint density at radius 2 is 2.04 bits per heavy atom. The molecular formula is C20H16N4O2. The molecule has 26 heavy (non-hydrogen) atoms. The highest BCUT2D eigenvalue weighted by Gasteiger charge is 2.30. The number of nitriles is 1. The lowest BCUT2D eigenvalue weighted by Crippen LogP contribution is -2.31. The lowest BCUT2D eigenvalue weighted by molar-refractivity contribution is 0.0767. The van der Waals surface area contributed by atoms with Crippen molar-refractivity contribution in [3.63, 3.8) is 0 Å². The molecule has 0 radical (unpaired) electrons. The van der Waals surface area contributed by atoms with Crippen LogP contribution in [0, 0.1) is 11.3 Å². The number of hydrogen-bond acceptors (Lipinski definition) is 5. The number of benzene rings is 1. The molecule has 0 saturated carbocycles. The second kappa shape index (κ2) is 6.81. The van der Waals surface area contributed by atoms with Crippen molar-refractivity contribution in [1.29, 1.82) is 5.26 Å². The number of amides is 1. The zero-order valence-electron chi connectivity index (χ0n) is 14.0. The number of aromatic nitrogens is 2. The minimum Gasteiger partial charge on any atom is -0.472 e. The number of ether oxygens (including phenoxy) is 1. The Balaban J connectivity index is 1.49. The van der Waals surface area contributed by atoms with Crippen molar-refractivity contribution >= 4 is 16.7 Å². The molecule has 2 aromatic heterocycles. The largest absolute Gasteiger partial charge is 0.472 e.